The van der Waals surface area contributed by atoms with Crippen LogP contribution in [0.5, 0.6) is 5.88 Å². The first-order valence-corrected chi connectivity index (χ1v) is 7.97. The van der Waals surface area contributed by atoms with E-state index >= 15 is 0 Å². The van der Waals surface area contributed by atoms with Crippen molar-refractivity contribution in [2.45, 2.75) is 10.9 Å². The Morgan fingerprint density at radius 2 is 2.00 bits per heavy atom. The third kappa shape index (κ3) is 3.35. The first kappa shape index (κ1) is 15.4. The van der Waals surface area contributed by atoms with Gasteiger partial charge in [-0.2, -0.15) is 0 Å². The average Bonchev–Trinajstić information content (AvgIpc) is 2.48. The first-order valence-electron chi connectivity index (χ1n) is 6.08. The van der Waals surface area contributed by atoms with Crippen molar-refractivity contribution in [2.75, 3.05) is 13.4 Å². The molecule has 0 radical (unpaired) electrons. The minimum absolute atomic E-state index is 0.211. The molecule has 0 aliphatic rings. The van der Waals surface area contributed by atoms with Gasteiger partial charge in [0.05, 0.1) is 18.0 Å². The topological polar surface area (TPSA) is 107 Å². The van der Waals surface area contributed by atoms with Crippen LogP contribution in [0.4, 0.5) is 0 Å². The van der Waals surface area contributed by atoms with E-state index in [1.807, 2.05) is 0 Å². The second-order valence-electron chi connectivity index (χ2n) is 4.40. The Labute approximate surface area is 123 Å². The highest BCUT2D eigenvalue weighted by Gasteiger charge is 2.20. The summed E-state index contributed by atoms with van der Waals surface area (Å²) in [4.78, 5) is 8.48. The largest absolute Gasteiger partial charge is 0.480 e. The Balaban J connectivity index is 2.52. The number of benzene rings is 1. The van der Waals surface area contributed by atoms with Gasteiger partial charge in [0, 0.05) is 18.6 Å². The maximum absolute atomic E-state index is 11.7. The number of nitrogens with zero attached hydrogens (tertiary/aromatic N) is 2. The number of hydrazine groups is 1. The Morgan fingerprint density at radius 3 is 2.62 bits per heavy atom. The fourth-order valence-electron chi connectivity index (χ4n) is 1.95. The summed E-state index contributed by atoms with van der Waals surface area (Å²) >= 11 is 0. The molecule has 7 nitrogen and oxygen atoms in total. The molecule has 1 unspecified atom stereocenters. The molecule has 3 N–H and O–H groups in total. The van der Waals surface area contributed by atoms with E-state index in [2.05, 4.69) is 15.4 Å². The number of ether oxygens (including phenoxy) is 1. The van der Waals surface area contributed by atoms with E-state index in [4.69, 9.17) is 10.6 Å². The number of nitrogens with two attached hydrogens (primary N) is 1. The van der Waals surface area contributed by atoms with Gasteiger partial charge in [-0.15, -0.1) is 0 Å². The van der Waals surface area contributed by atoms with Crippen LogP contribution in [-0.4, -0.2) is 31.8 Å². The van der Waals surface area contributed by atoms with Crippen LogP contribution < -0.4 is 16.0 Å². The van der Waals surface area contributed by atoms with E-state index in [0.29, 0.717) is 17.1 Å². The standard InChI is InChI=1S/C13H16N4O3S/c1-20-13-12(15-6-7-16-13)11(17-14)9-4-3-5-10(8-9)21(2,18)19/h3-8,11,17H,14H2,1-2H3. The quantitative estimate of drug-likeness (QED) is 0.609. The molecule has 1 atom stereocenters. The van der Waals surface area contributed by atoms with Crippen molar-refractivity contribution >= 4 is 9.84 Å². The number of sulfone groups is 1. The summed E-state index contributed by atoms with van der Waals surface area (Å²) in [5, 5.41) is 0. The van der Waals surface area contributed by atoms with Crippen molar-refractivity contribution in [3.05, 3.63) is 47.9 Å². The lowest BCUT2D eigenvalue weighted by Crippen LogP contribution is -2.30. The van der Waals surface area contributed by atoms with Crippen molar-refractivity contribution in [1.82, 2.24) is 15.4 Å². The second kappa shape index (κ2) is 6.17. The van der Waals surface area contributed by atoms with Crippen molar-refractivity contribution in [3.63, 3.8) is 0 Å². The predicted molar refractivity (Wildman–Crippen MR) is 77.3 cm³/mol. The van der Waals surface area contributed by atoms with Crippen LogP contribution in [0.1, 0.15) is 17.3 Å². The van der Waals surface area contributed by atoms with Gasteiger partial charge in [-0.05, 0) is 17.7 Å². The normalized spacial score (nSPS) is 12.9. The van der Waals surface area contributed by atoms with Gasteiger partial charge in [0.2, 0.25) is 5.88 Å². The number of aromatic nitrogens is 2. The summed E-state index contributed by atoms with van der Waals surface area (Å²) in [7, 11) is -1.82. The van der Waals surface area contributed by atoms with E-state index in [9.17, 15) is 8.42 Å². The van der Waals surface area contributed by atoms with Crippen molar-refractivity contribution in [3.8, 4) is 5.88 Å². The first-order chi connectivity index (χ1) is 9.97. The monoisotopic (exact) mass is 308 g/mol. The zero-order chi connectivity index (χ0) is 15.5. The van der Waals surface area contributed by atoms with Gasteiger partial charge >= 0.3 is 0 Å². The Kier molecular flexibility index (Phi) is 4.51. The van der Waals surface area contributed by atoms with Crippen LogP contribution >= 0.6 is 0 Å². The van der Waals surface area contributed by atoms with Crippen molar-refractivity contribution < 1.29 is 13.2 Å². The fourth-order valence-corrected chi connectivity index (χ4v) is 2.63. The van der Waals surface area contributed by atoms with E-state index in [1.165, 1.54) is 25.6 Å². The molecule has 0 amide bonds. The molecule has 0 bridgehead atoms. The van der Waals surface area contributed by atoms with Gasteiger partial charge in [0.25, 0.3) is 0 Å². The lowest BCUT2D eigenvalue weighted by atomic mass is 10.0. The number of hydrogen-bond acceptors (Lipinski definition) is 7. The molecule has 2 aromatic rings. The zero-order valence-corrected chi connectivity index (χ0v) is 12.5. The number of nitrogens with one attached hydrogen (secondary N) is 1. The molecule has 0 aliphatic heterocycles. The minimum Gasteiger partial charge on any atom is -0.480 e. The summed E-state index contributed by atoms with van der Waals surface area (Å²) < 4.78 is 28.5. The molecule has 8 heteroatoms. The van der Waals surface area contributed by atoms with Crippen LogP contribution in [0.3, 0.4) is 0 Å². The minimum atomic E-state index is -3.30. The van der Waals surface area contributed by atoms with Crippen molar-refractivity contribution in [1.29, 1.82) is 0 Å². The molecular weight excluding hydrogens is 292 g/mol. The van der Waals surface area contributed by atoms with Crippen LogP contribution in [0, 0.1) is 0 Å². The molecule has 21 heavy (non-hydrogen) atoms. The highest BCUT2D eigenvalue weighted by Crippen LogP contribution is 2.27. The average molecular weight is 308 g/mol. The van der Waals surface area contributed by atoms with Gasteiger partial charge in [-0.3, -0.25) is 10.8 Å². The number of rotatable bonds is 5. The van der Waals surface area contributed by atoms with Gasteiger partial charge in [0.1, 0.15) is 5.69 Å². The Bertz CT molecular complexity index is 734. The lowest BCUT2D eigenvalue weighted by molar-refractivity contribution is 0.383. The van der Waals surface area contributed by atoms with Crippen LogP contribution in [0.25, 0.3) is 0 Å². The van der Waals surface area contributed by atoms with Crippen molar-refractivity contribution in [2.24, 2.45) is 5.84 Å². The van der Waals surface area contributed by atoms with E-state index in [0.717, 1.165) is 6.26 Å². The molecule has 1 aromatic carbocycles. The van der Waals surface area contributed by atoms with Crippen LogP contribution in [-0.2, 0) is 9.84 Å². The van der Waals surface area contributed by atoms with Gasteiger partial charge in [-0.1, -0.05) is 12.1 Å². The SMILES string of the molecule is COc1nccnc1C(NN)c1cccc(S(C)(=O)=O)c1. The Morgan fingerprint density at radius 1 is 1.29 bits per heavy atom. The van der Waals surface area contributed by atoms with Crippen LogP contribution in [0.15, 0.2) is 41.6 Å². The molecule has 0 saturated carbocycles. The smallest absolute Gasteiger partial charge is 0.237 e. The molecule has 1 aromatic heterocycles. The molecule has 1 heterocycles. The highest BCUT2D eigenvalue weighted by atomic mass is 32.2. The predicted octanol–water partition coefficient (Wildman–Crippen LogP) is 0.441. The van der Waals surface area contributed by atoms with E-state index < -0.39 is 15.9 Å². The molecule has 2 rings (SSSR count). The molecule has 0 saturated heterocycles. The molecule has 112 valence electrons. The molecule has 0 fully saturated rings. The molecule has 0 spiro atoms. The summed E-state index contributed by atoms with van der Waals surface area (Å²) in [6.45, 7) is 0. The summed E-state index contributed by atoms with van der Waals surface area (Å²) in [5.41, 5.74) is 3.74. The van der Waals surface area contributed by atoms with Gasteiger partial charge in [0.15, 0.2) is 9.84 Å². The third-order valence-electron chi connectivity index (χ3n) is 2.94. The second-order valence-corrected chi connectivity index (χ2v) is 6.41. The highest BCUT2D eigenvalue weighted by molar-refractivity contribution is 7.90. The van der Waals surface area contributed by atoms with Crippen LogP contribution in [0.2, 0.25) is 0 Å². The maximum atomic E-state index is 11.7. The summed E-state index contributed by atoms with van der Waals surface area (Å²) in [6.07, 6.45) is 4.17. The summed E-state index contributed by atoms with van der Waals surface area (Å²) in [6, 6.07) is 5.95. The molecular formula is C13H16N4O3S. The zero-order valence-electron chi connectivity index (χ0n) is 11.6. The summed E-state index contributed by atoms with van der Waals surface area (Å²) in [5.74, 6) is 5.92. The fraction of sp³-hybridized carbons (Fsp3) is 0.231. The van der Waals surface area contributed by atoms with Gasteiger partial charge < -0.3 is 4.74 Å². The third-order valence-corrected chi connectivity index (χ3v) is 4.05. The maximum Gasteiger partial charge on any atom is 0.237 e. The molecule has 0 aliphatic carbocycles. The van der Waals surface area contributed by atoms with E-state index in [1.54, 1.807) is 18.2 Å². The van der Waals surface area contributed by atoms with E-state index in [-0.39, 0.29) is 4.90 Å². The number of methoxy groups -OCH3 is 1. The Hall–Kier alpha value is -2.03. The lowest BCUT2D eigenvalue weighted by Gasteiger charge is -2.18. The number of hydrogen-bond donors (Lipinski definition) is 2. The van der Waals surface area contributed by atoms with Gasteiger partial charge in [-0.25, -0.2) is 18.8 Å².